The van der Waals surface area contributed by atoms with Gasteiger partial charge in [0.1, 0.15) is 0 Å². The molecule has 0 spiro atoms. The van der Waals surface area contributed by atoms with Crippen molar-refractivity contribution in [3.63, 3.8) is 0 Å². The van der Waals surface area contributed by atoms with E-state index in [-0.39, 0.29) is 0 Å². The first-order valence-electron chi connectivity index (χ1n) is 6.03. The number of hydrogen-bond donors (Lipinski definition) is 0. The first kappa shape index (κ1) is 12.4. The fourth-order valence-corrected chi connectivity index (χ4v) is 2.46. The highest BCUT2D eigenvalue weighted by atomic mass is 79.9. The first-order valence-corrected chi connectivity index (χ1v) is 6.83. The van der Waals surface area contributed by atoms with E-state index in [9.17, 15) is 0 Å². The van der Waals surface area contributed by atoms with Gasteiger partial charge in [-0.05, 0) is 15.9 Å². The van der Waals surface area contributed by atoms with Crippen LogP contribution < -0.4 is 9.64 Å². The first-order chi connectivity index (χ1) is 9.24. The van der Waals surface area contributed by atoms with Gasteiger partial charge < -0.3 is 9.64 Å². The number of rotatable bonds is 4. The number of methoxy groups -OCH3 is 1. The van der Waals surface area contributed by atoms with Gasteiger partial charge >= 0.3 is 0 Å². The summed E-state index contributed by atoms with van der Waals surface area (Å²) in [5, 5.41) is 4.26. The number of ether oxygens (including phenoxy) is 1. The molecule has 6 nitrogen and oxygen atoms in total. The normalized spacial score (nSPS) is 15.4. The van der Waals surface area contributed by atoms with Crippen molar-refractivity contribution in [2.75, 3.05) is 25.1 Å². The van der Waals surface area contributed by atoms with Gasteiger partial charge in [-0.3, -0.25) is 4.68 Å². The van der Waals surface area contributed by atoms with Crippen molar-refractivity contribution >= 4 is 21.9 Å². The van der Waals surface area contributed by atoms with Crippen LogP contribution in [0.15, 0.2) is 29.3 Å². The lowest BCUT2D eigenvalue weighted by molar-refractivity contribution is 0.337. The van der Waals surface area contributed by atoms with Gasteiger partial charge in [-0.2, -0.15) is 5.10 Å². The minimum Gasteiger partial charge on any atom is -0.494 e. The summed E-state index contributed by atoms with van der Waals surface area (Å²) in [6.45, 7) is 2.85. The third-order valence-electron chi connectivity index (χ3n) is 3.14. The van der Waals surface area contributed by atoms with E-state index in [4.69, 9.17) is 4.74 Å². The predicted molar refractivity (Wildman–Crippen MR) is 74.2 cm³/mol. The summed E-state index contributed by atoms with van der Waals surface area (Å²) in [4.78, 5) is 10.7. The van der Waals surface area contributed by atoms with E-state index < -0.39 is 0 Å². The second-order valence-corrected chi connectivity index (χ2v) is 5.49. The molecule has 0 unspecified atom stereocenters. The second-order valence-electron chi connectivity index (χ2n) is 4.57. The van der Waals surface area contributed by atoms with Crippen LogP contribution in [-0.2, 0) is 6.54 Å². The van der Waals surface area contributed by atoms with Crippen LogP contribution >= 0.6 is 15.9 Å². The Bertz CT molecular complexity index is 550. The predicted octanol–water partition coefficient (Wildman–Crippen LogP) is 1.58. The Morgan fingerprint density at radius 3 is 2.63 bits per heavy atom. The smallest absolute Gasteiger partial charge is 0.225 e. The number of nitrogens with zero attached hydrogens (tertiary/aromatic N) is 5. The van der Waals surface area contributed by atoms with E-state index in [0.29, 0.717) is 11.7 Å². The van der Waals surface area contributed by atoms with E-state index in [1.54, 1.807) is 19.5 Å². The van der Waals surface area contributed by atoms with E-state index in [1.807, 2.05) is 17.1 Å². The number of anilines is 1. The van der Waals surface area contributed by atoms with Crippen molar-refractivity contribution in [3.05, 3.63) is 29.3 Å². The quantitative estimate of drug-likeness (QED) is 0.855. The van der Waals surface area contributed by atoms with Gasteiger partial charge in [-0.1, -0.05) is 0 Å². The maximum atomic E-state index is 5.04. The maximum Gasteiger partial charge on any atom is 0.225 e. The average molecular weight is 324 g/mol. The Labute approximate surface area is 119 Å². The lowest BCUT2D eigenvalue weighted by Crippen LogP contribution is -2.49. The molecular formula is C12H14BrN5O. The SMILES string of the molecule is COc1cnc(N2CC(Cn3cc(Br)cn3)C2)nc1. The van der Waals surface area contributed by atoms with Crippen LogP contribution in [0, 0.1) is 5.92 Å². The molecule has 0 aliphatic carbocycles. The number of halogens is 1. The molecule has 1 aliphatic rings. The molecular weight excluding hydrogens is 310 g/mol. The van der Waals surface area contributed by atoms with Gasteiger partial charge in [0.15, 0.2) is 5.75 Å². The van der Waals surface area contributed by atoms with E-state index in [2.05, 4.69) is 35.9 Å². The second kappa shape index (κ2) is 5.16. The van der Waals surface area contributed by atoms with Gasteiger partial charge in [0.2, 0.25) is 5.95 Å². The minimum atomic E-state index is 0.595. The molecule has 0 amide bonds. The molecule has 1 fully saturated rings. The summed E-state index contributed by atoms with van der Waals surface area (Å²) in [5.74, 6) is 2.04. The molecule has 0 saturated carbocycles. The van der Waals surface area contributed by atoms with Gasteiger partial charge in [-0.15, -0.1) is 0 Å². The third-order valence-corrected chi connectivity index (χ3v) is 3.55. The average Bonchev–Trinajstić information content (AvgIpc) is 2.79. The summed E-state index contributed by atoms with van der Waals surface area (Å²) in [6, 6.07) is 0. The minimum absolute atomic E-state index is 0.595. The molecule has 7 heteroatoms. The molecule has 19 heavy (non-hydrogen) atoms. The molecule has 0 N–H and O–H groups in total. The standard InChI is InChI=1S/C12H14BrN5O/c1-19-11-3-14-12(15-4-11)17-5-9(6-17)7-18-8-10(13)2-16-18/h2-4,8-9H,5-7H2,1H3. The molecule has 100 valence electrons. The van der Waals surface area contributed by atoms with Crippen LogP contribution in [0.1, 0.15) is 0 Å². The van der Waals surface area contributed by atoms with Crippen LogP contribution in [0.5, 0.6) is 5.75 Å². The molecule has 0 atom stereocenters. The lowest BCUT2D eigenvalue weighted by Gasteiger charge is -2.39. The molecule has 2 aromatic rings. The molecule has 2 aromatic heterocycles. The van der Waals surface area contributed by atoms with Crippen LogP contribution in [0.4, 0.5) is 5.95 Å². The van der Waals surface area contributed by atoms with Crippen LogP contribution in [0.2, 0.25) is 0 Å². The topological polar surface area (TPSA) is 56.1 Å². The van der Waals surface area contributed by atoms with Crippen molar-refractivity contribution in [1.29, 1.82) is 0 Å². The molecule has 1 saturated heterocycles. The molecule has 0 radical (unpaired) electrons. The fourth-order valence-electron chi connectivity index (χ4n) is 2.13. The highest BCUT2D eigenvalue weighted by Crippen LogP contribution is 2.23. The Kier molecular flexibility index (Phi) is 3.37. The van der Waals surface area contributed by atoms with Gasteiger partial charge in [-0.25, -0.2) is 9.97 Å². The zero-order valence-corrected chi connectivity index (χ0v) is 12.1. The summed E-state index contributed by atoms with van der Waals surface area (Å²) in [6.07, 6.45) is 7.19. The van der Waals surface area contributed by atoms with E-state index in [0.717, 1.165) is 30.1 Å². The summed E-state index contributed by atoms with van der Waals surface area (Å²) >= 11 is 3.40. The zero-order valence-electron chi connectivity index (χ0n) is 10.5. The summed E-state index contributed by atoms with van der Waals surface area (Å²) < 4.78 is 8.02. The summed E-state index contributed by atoms with van der Waals surface area (Å²) in [7, 11) is 1.61. The van der Waals surface area contributed by atoms with E-state index >= 15 is 0 Å². The summed E-state index contributed by atoms with van der Waals surface area (Å²) in [5.41, 5.74) is 0. The van der Waals surface area contributed by atoms with Gasteiger partial charge in [0, 0.05) is 31.7 Å². The molecule has 3 heterocycles. The number of aromatic nitrogens is 4. The van der Waals surface area contributed by atoms with Crippen molar-refractivity contribution in [1.82, 2.24) is 19.7 Å². The Balaban J connectivity index is 1.54. The Morgan fingerprint density at radius 2 is 2.05 bits per heavy atom. The van der Waals surface area contributed by atoms with Crippen molar-refractivity contribution in [2.45, 2.75) is 6.54 Å². The van der Waals surface area contributed by atoms with Crippen LogP contribution in [0.25, 0.3) is 0 Å². The molecule has 1 aliphatic heterocycles. The fraction of sp³-hybridized carbons (Fsp3) is 0.417. The largest absolute Gasteiger partial charge is 0.494 e. The molecule has 0 aromatic carbocycles. The van der Waals surface area contributed by atoms with Gasteiger partial charge in [0.05, 0.1) is 30.2 Å². The monoisotopic (exact) mass is 323 g/mol. The highest BCUT2D eigenvalue weighted by molar-refractivity contribution is 9.10. The molecule has 0 bridgehead atoms. The Morgan fingerprint density at radius 1 is 1.32 bits per heavy atom. The zero-order chi connectivity index (χ0) is 13.2. The lowest BCUT2D eigenvalue weighted by atomic mass is 10.0. The van der Waals surface area contributed by atoms with Crippen LogP contribution in [0.3, 0.4) is 0 Å². The van der Waals surface area contributed by atoms with Crippen molar-refractivity contribution in [2.24, 2.45) is 5.92 Å². The molecule has 3 rings (SSSR count). The van der Waals surface area contributed by atoms with E-state index in [1.165, 1.54) is 0 Å². The van der Waals surface area contributed by atoms with Crippen molar-refractivity contribution in [3.8, 4) is 5.75 Å². The van der Waals surface area contributed by atoms with Crippen LogP contribution in [-0.4, -0.2) is 39.9 Å². The Hall–Kier alpha value is -1.63. The van der Waals surface area contributed by atoms with Gasteiger partial charge in [0.25, 0.3) is 0 Å². The number of hydrogen-bond acceptors (Lipinski definition) is 5. The highest BCUT2D eigenvalue weighted by Gasteiger charge is 2.29. The van der Waals surface area contributed by atoms with Crippen molar-refractivity contribution < 1.29 is 4.74 Å². The maximum absolute atomic E-state index is 5.04. The third kappa shape index (κ3) is 2.70.